The maximum Gasteiger partial charge on any atom is 0.221 e. The third-order valence-electron chi connectivity index (χ3n) is 1.25. The lowest BCUT2D eigenvalue weighted by molar-refractivity contribution is -0.120. The van der Waals surface area contributed by atoms with Crippen molar-refractivity contribution >= 4 is 5.91 Å². The Bertz CT molecular complexity index is 115. The molecule has 1 atom stereocenters. The van der Waals surface area contributed by atoms with Crippen LogP contribution in [0.25, 0.3) is 0 Å². The number of aliphatic hydroxyl groups excluding tert-OH is 1. The van der Waals surface area contributed by atoms with E-state index in [-0.39, 0.29) is 12.0 Å². The first kappa shape index (κ1) is 10.4. The highest BCUT2D eigenvalue weighted by molar-refractivity contribution is 5.75. The predicted molar refractivity (Wildman–Crippen MR) is 43.2 cm³/mol. The van der Waals surface area contributed by atoms with Crippen molar-refractivity contribution in [3.8, 4) is 0 Å². The Labute approximate surface area is 67.0 Å². The minimum absolute atomic E-state index is 0.0168. The Morgan fingerprint density at radius 2 is 2.27 bits per heavy atom. The molecule has 11 heavy (non-hydrogen) atoms. The van der Waals surface area contributed by atoms with Gasteiger partial charge in [-0.1, -0.05) is 0 Å². The van der Waals surface area contributed by atoms with E-state index < -0.39 is 0 Å². The molecule has 0 heterocycles. The first-order valence-corrected chi connectivity index (χ1v) is 3.76. The van der Waals surface area contributed by atoms with Crippen molar-refractivity contribution in [2.75, 3.05) is 20.1 Å². The van der Waals surface area contributed by atoms with Crippen LogP contribution in [0.4, 0.5) is 0 Å². The van der Waals surface area contributed by atoms with E-state index in [0.29, 0.717) is 19.5 Å². The number of rotatable bonds is 5. The molecule has 0 saturated carbocycles. The van der Waals surface area contributed by atoms with Gasteiger partial charge in [0.1, 0.15) is 0 Å². The Kier molecular flexibility index (Phi) is 5.78. The minimum atomic E-state index is -0.348. The topological polar surface area (TPSA) is 61.4 Å². The van der Waals surface area contributed by atoms with E-state index in [0.717, 1.165) is 0 Å². The number of nitrogens with one attached hydrogen (secondary N) is 2. The van der Waals surface area contributed by atoms with Crippen LogP contribution in [0.2, 0.25) is 0 Å². The van der Waals surface area contributed by atoms with Gasteiger partial charge in [-0.15, -0.1) is 0 Å². The summed E-state index contributed by atoms with van der Waals surface area (Å²) in [6.45, 7) is 2.86. The van der Waals surface area contributed by atoms with Crippen molar-refractivity contribution < 1.29 is 9.90 Å². The molecule has 66 valence electrons. The van der Waals surface area contributed by atoms with Gasteiger partial charge in [0.25, 0.3) is 0 Å². The summed E-state index contributed by atoms with van der Waals surface area (Å²) in [4.78, 5) is 10.6. The maximum absolute atomic E-state index is 10.6. The lowest BCUT2D eigenvalue weighted by Crippen LogP contribution is -2.29. The van der Waals surface area contributed by atoms with E-state index in [9.17, 15) is 4.79 Å². The zero-order valence-electron chi connectivity index (χ0n) is 7.05. The lowest BCUT2D eigenvalue weighted by Gasteiger charge is -2.05. The van der Waals surface area contributed by atoms with Crippen LogP contribution >= 0.6 is 0 Å². The van der Waals surface area contributed by atoms with Gasteiger partial charge in [-0.3, -0.25) is 4.79 Å². The predicted octanol–water partition coefficient (Wildman–Crippen LogP) is -0.907. The Morgan fingerprint density at radius 1 is 1.64 bits per heavy atom. The molecular formula is C7H16N2O2. The molecule has 4 heteroatoms. The maximum atomic E-state index is 10.6. The van der Waals surface area contributed by atoms with Crippen molar-refractivity contribution in [3.05, 3.63) is 0 Å². The number of hydrogen-bond donors (Lipinski definition) is 3. The van der Waals surface area contributed by atoms with Gasteiger partial charge < -0.3 is 15.7 Å². The molecule has 0 aliphatic carbocycles. The fourth-order valence-corrected chi connectivity index (χ4v) is 0.638. The zero-order valence-corrected chi connectivity index (χ0v) is 7.05. The van der Waals surface area contributed by atoms with Crippen molar-refractivity contribution in [1.29, 1.82) is 0 Å². The molecule has 1 unspecified atom stereocenters. The second-order valence-electron chi connectivity index (χ2n) is 2.48. The molecule has 0 aliphatic heterocycles. The van der Waals surface area contributed by atoms with Crippen LogP contribution in [0.3, 0.4) is 0 Å². The lowest BCUT2D eigenvalue weighted by atomic mass is 10.3. The number of hydrogen-bond acceptors (Lipinski definition) is 3. The van der Waals surface area contributed by atoms with Gasteiger partial charge in [-0.25, -0.2) is 0 Å². The second-order valence-corrected chi connectivity index (χ2v) is 2.48. The van der Waals surface area contributed by atoms with Crippen LogP contribution in [0.1, 0.15) is 13.3 Å². The Hall–Kier alpha value is -0.610. The molecule has 0 aromatic rings. The number of carbonyl (C=O) groups is 1. The van der Waals surface area contributed by atoms with E-state index >= 15 is 0 Å². The van der Waals surface area contributed by atoms with Crippen LogP contribution in [0.15, 0.2) is 0 Å². The Balaban J connectivity index is 3.08. The monoisotopic (exact) mass is 160 g/mol. The fourth-order valence-electron chi connectivity index (χ4n) is 0.638. The van der Waals surface area contributed by atoms with Gasteiger partial charge >= 0.3 is 0 Å². The molecule has 4 nitrogen and oxygen atoms in total. The summed E-state index contributed by atoms with van der Waals surface area (Å²) in [5.41, 5.74) is 0. The number of carbonyl (C=O) groups excluding carboxylic acids is 1. The summed E-state index contributed by atoms with van der Waals surface area (Å²) in [5, 5.41) is 14.3. The molecule has 1 amide bonds. The summed E-state index contributed by atoms with van der Waals surface area (Å²) in [6.07, 6.45) is 0.114. The van der Waals surface area contributed by atoms with E-state index in [1.165, 1.54) is 0 Å². The van der Waals surface area contributed by atoms with Gasteiger partial charge in [0, 0.05) is 26.6 Å². The zero-order chi connectivity index (χ0) is 8.69. The minimum Gasteiger partial charge on any atom is -0.392 e. The smallest absolute Gasteiger partial charge is 0.221 e. The third kappa shape index (κ3) is 7.29. The van der Waals surface area contributed by atoms with Crippen LogP contribution in [-0.4, -0.2) is 37.3 Å². The van der Waals surface area contributed by atoms with Gasteiger partial charge in [0.15, 0.2) is 0 Å². The Morgan fingerprint density at radius 3 is 2.73 bits per heavy atom. The first-order chi connectivity index (χ1) is 5.16. The molecule has 0 spiro atoms. The summed E-state index contributed by atoms with van der Waals surface area (Å²) in [7, 11) is 1.61. The molecule has 0 bridgehead atoms. The van der Waals surface area contributed by atoms with E-state index in [1.807, 2.05) is 0 Å². The van der Waals surface area contributed by atoms with Crippen molar-refractivity contribution in [2.45, 2.75) is 19.4 Å². The van der Waals surface area contributed by atoms with Gasteiger partial charge in [-0.05, 0) is 6.92 Å². The molecule has 0 saturated heterocycles. The summed E-state index contributed by atoms with van der Waals surface area (Å²) < 4.78 is 0. The van der Waals surface area contributed by atoms with Crippen LogP contribution in [0.5, 0.6) is 0 Å². The highest BCUT2D eigenvalue weighted by Gasteiger charge is 1.97. The molecule has 0 aromatic heterocycles. The van der Waals surface area contributed by atoms with Gasteiger partial charge in [0.2, 0.25) is 5.91 Å². The average Bonchev–Trinajstić information content (AvgIpc) is 1.97. The highest BCUT2D eigenvalue weighted by atomic mass is 16.3. The van der Waals surface area contributed by atoms with Crippen LogP contribution in [0, 0.1) is 0 Å². The van der Waals surface area contributed by atoms with E-state index in [1.54, 1.807) is 14.0 Å². The summed E-state index contributed by atoms with van der Waals surface area (Å²) >= 11 is 0. The highest BCUT2D eigenvalue weighted by Crippen LogP contribution is 1.78. The molecule has 3 N–H and O–H groups in total. The largest absolute Gasteiger partial charge is 0.392 e. The fraction of sp³-hybridized carbons (Fsp3) is 0.857. The summed E-state index contributed by atoms with van der Waals surface area (Å²) in [6, 6.07) is 0. The van der Waals surface area contributed by atoms with Crippen molar-refractivity contribution in [3.63, 3.8) is 0 Å². The van der Waals surface area contributed by atoms with Gasteiger partial charge in [-0.2, -0.15) is 0 Å². The van der Waals surface area contributed by atoms with Crippen molar-refractivity contribution in [1.82, 2.24) is 10.6 Å². The first-order valence-electron chi connectivity index (χ1n) is 3.76. The average molecular weight is 160 g/mol. The molecule has 0 radical (unpaired) electrons. The number of amides is 1. The second kappa shape index (κ2) is 6.12. The molecule has 0 rings (SSSR count). The van der Waals surface area contributed by atoms with E-state index in [2.05, 4.69) is 10.6 Å². The quantitative estimate of drug-likeness (QED) is 0.456. The molecule has 0 aliphatic rings. The SMILES string of the molecule is CNC(=O)CCNCC(C)O. The number of aliphatic hydroxyl groups is 1. The standard InChI is InChI=1S/C7H16N2O2/c1-6(10)5-9-4-3-7(11)8-2/h6,9-10H,3-5H2,1-2H3,(H,8,11). The molecular weight excluding hydrogens is 144 g/mol. The van der Waals surface area contributed by atoms with Crippen LogP contribution < -0.4 is 10.6 Å². The van der Waals surface area contributed by atoms with E-state index in [4.69, 9.17) is 5.11 Å². The summed E-state index contributed by atoms with van der Waals surface area (Å²) in [5.74, 6) is 0.0168. The molecule has 0 fully saturated rings. The molecule has 0 aromatic carbocycles. The van der Waals surface area contributed by atoms with Gasteiger partial charge in [0.05, 0.1) is 6.10 Å². The van der Waals surface area contributed by atoms with Crippen molar-refractivity contribution in [2.24, 2.45) is 0 Å². The van der Waals surface area contributed by atoms with Crippen LogP contribution in [-0.2, 0) is 4.79 Å². The third-order valence-corrected chi connectivity index (χ3v) is 1.25. The normalized spacial score (nSPS) is 12.6.